The summed E-state index contributed by atoms with van der Waals surface area (Å²) in [4.78, 5) is 0. The van der Waals surface area contributed by atoms with Gasteiger partial charge in [-0.15, -0.1) is 4.59 Å². The maximum Gasteiger partial charge on any atom is 0.168 e. The van der Waals surface area contributed by atoms with Crippen LogP contribution in [0, 0.1) is 0 Å². The molecule has 6 rings (SSSR count). The van der Waals surface area contributed by atoms with E-state index in [9.17, 15) is 0 Å². The minimum atomic E-state index is 0.376. The third kappa shape index (κ3) is 3.65. The van der Waals surface area contributed by atoms with Gasteiger partial charge < -0.3 is 0 Å². The zero-order chi connectivity index (χ0) is 24.2. The van der Waals surface area contributed by atoms with Crippen molar-refractivity contribution < 1.29 is 0 Å². The van der Waals surface area contributed by atoms with Crippen LogP contribution in [0.15, 0.2) is 164 Å². The molecule has 0 saturated heterocycles. The molecule has 0 aromatic heterocycles. The van der Waals surface area contributed by atoms with Gasteiger partial charge in [-0.1, -0.05) is 109 Å². The van der Waals surface area contributed by atoms with Crippen molar-refractivity contribution in [2.45, 2.75) is 0 Å². The summed E-state index contributed by atoms with van der Waals surface area (Å²) in [6, 6.07) is 58.2. The van der Waals surface area contributed by atoms with E-state index >= 15 is 0 Å². The number of rotatable bonds is 6. The van der Waals surface area contributed by atoms with E-state index in [-0.39, 0.29) is 0 Å². The first-order valence-corrected chi connectivity index (χ1v) is 12.3. The highest BCUT2D eigenvalue weighted by molar-refractivity contribution is 5.98. The predicted octanol–water partition coefficient (Wildman–Crippen LogP) is 9.56. The van der Waals surface area contributed by atoms with Gasteiger partial charge in [0, 0.05) is 41.8 Å². The zero-order valence-electron chi connectivity index (χ0n) is 20.0. The van der Waals surface area contributed by atoms with E-state index in [0.29, 0.717) is 4.59 Å². The fourth-order valence-corrected chi connectivity index (χ4v) is 5.16. The van der Waals surface area contributed by atoms with Crippen molar-refractivity contribution in [3.8, 4) is 0 Å². The Hall–Kier alpha value is -4.66. The molecule has 0 spiro atoms. The summed E-state index contributed by atoms with van der Waals surface area (Å²) in [5, 5.41) is 4.87. The number of hydrogen-bond acceptors (Lipinski definition) is 1. The van der Waals surface area contributed by atoms with E-state index in [1.807, 2.05) is 0 Å². The van der Waals surface area contributed by atoms with Crippen LogP contribution in [-0.4, -0.2) is 0 Å². The average Bonchev–Trinajstić information content (AvgIpc) is 2.97. The Morgan fingerprint density at radius 2 is 0.778 bits per heavy atom. The van der Waals surface area contributed by atoms with Crippen molar-refractivity contribution in [3.05, 3.63) is 164 Å². The highest BCUT2D eigenvalue weighted by Gasteiger charge is 2.45. The standard InChI is InChI=1S/C34H27N2/c1-5-18-29(19-6-1)35(34-27-15-17-28-16-13-14-26-33(28)34)36(30-20-7-2-8-21-30,31-22-9-3-10-23-31)32-24-11-4-12-25-32/h1-27H/q+1. The lowest BCUT2D eigenvalue weighted by Crippen LogP contribution is -2.52. The number of nitrogens with zero attached hydrogens (tertiary/aromatic N) is 2. The van der Waals surface area contributed by atoms with Crippen LogP contribution < -0.4 is 9.60 Å². The SMILES string of the molecule is c1ccc(N(c2cccc3ccccc23)[N+](c2ccccc2)(c2ccccc2)c2ccccc2)cc1. The Balaban J connectivity index is 1.81. The topological polar surface area (TPSA) is 3.24 Å². The summed E-state index contributed by atoms with van der Waals surface area (Å²) in [5.41, 5.74) is 5.67. The van der Waals surface area contributed by atoms with Crippen LogP contribution in [0.5, 0.6) is 0 Å². The predicted molar refractivity (Wildman–Crippen MR) is 153 cm³/mol. The van der Waals surface area contributed by atoms with E-state index in [4.69, 9.17) is 0 Å². The first-order chi connectivity index (χ1) is 17.9. The van der Waals surface area contributed by atoms with Crippen molar-refractivity contribution in [1.82, 2.24) is 4.59 Å². The van der Waals surface area contributed by atoms with Crippen molar-refractivity contribution >= 4 is 39.2 Å². The molecule has 0 aliphatic heterocycles. The Kier molecular flexibility index (Phi) is 5.79. The summed E-state index contributed by atoms with van der Waals surface area (Å²) in [6.07, 6.45) is 0. The molecule has 172 valence electrons. The minimum absolute atomic E-state index is 0.376. The number of fused-ring (bicyclic) bond motifs is 1. The van der Waals surface area contributed by atoms with Gasteiger partial charge in [0.2, 0.25) is 0 Å². The highest BCUT2D eigenvalue weighted by Crippen LogP contribution is 2.51. The Bertz CT molecular complexity index is 1460. The van der Waals surface area contributed by atoms with Gasteiger partial charge in [-0.2, -0.15) is 5.01 Å². The van der Waals surface area contributed by atoms with Gasteiger partial charge >= 0.3 is 0 Å². The maximum absolute atomic E-state index is 2.46. The number of para-hydroxylation sites is 4. The zero-order valence-corrected chi connectivity index (χ0v) is 20.0. The molecular formula is C34H27N2+. The van der Waals surface area contributed by atoms with E-state index in [1.54, 1.807) is 0 Å². The van der Waals surface area contributed by atoms with Gasteiger partial charge in [-0.05, 0) is 23.6 Å². The monoisotopic (exact) mass is 463 g/mol. The molecule has 6 aromatic rings. The molecule has 0 heterocycles. The molecule has 2 nitrogen and oxygen atoms in total. The molecule has 36 heavy (non-hydrogen) atoms. The molecule has 2 heteroatoms. The van der Waals surface area contributed by atoms with Crippen LogP contribution in [0.4, 0.5) is 28.4 Å². The largest absolute Gasteiger partial charge is 0.176 e. The molecule has 0 amide bonds. The van der Waals surface area contributed by atoms with Crippen LogP contribution in [0.3, 0.4) is 0 Å². The van der Waals surface area contributed by atoms with Gasteiger partial charge in [-0.25, -0.2) is 0 Å². The van der Waals surface area contributed by atoms with Crippen molar-refractivity contribution in [3.63, 3.8) is 0 Å². The molecule has 6 aromatic carbocycles. The van der Waals surface area contributed by atoms with Gasteiger partial charge in [0.25, 0.3) is 0 Å². The molecule has 0 unspecified atom stereocenters. The number of anilines is 2. The Labute approximate surface area is 212 Å². The van der Waals surface area contributed by atoms with Crippen molar-refractivity contribution in [1.29, 1.82) is 0 Å². The summed E-state index contributed by atoms with van der Waals surface area (Å²) in [6.45, 7) is 0. The second-order valence-electron chi connectivity index (χ2n) is 8.79. The van der Waals surface area contributed by atoms with E-state index < -0.39 is 0 Å². The van der Waals surface area contributed by atoms with Crippen molar-refractivity contribution in [2.24, 2.45) is 0 Å². The maximum atomic E-state index is 2.46. The first-order valence-electron chi connectivity index (χ1n) is 12.3. The van der Waals surface area contributed by atoms with Crippen LogP contribution in [0.2, 0.25) is 0 Å². The van der Waals surface area contributed by atoms with Gasteiger partial charge in [0.05, 0.1) is 5.69 Å². The molecule has 0 fully saturated rings. The molecule has 0 bridgehead atoms. The molecule has 0 aliphatic rings. The average molecular weight is 464 g/mol. The first kappa shape index (κ1) is 21.8. The molecule has 0 atom stereocenters. The second kappa shape index (κ2) is 9.53. The normalized spacial score (nSPS) is 11.3. The Morgan fingerprint density at radius 1 is 0.361 bits per heavy atom. The highest BCUT2D eigenvalue weighted by atomic mass is 15.8. The lowest BCUT2D eigenvalue weighted by molar-refractivity contribution is 0.529. The smallest absolute Gasteiger partial charge is 0.168 e. The summed E-state index contributed by atoms with van der Waals surface area (Å²) in [5.74, 6) is 0. The molecule has 0 radical (unpaired) electrons. The summed E-state index contributed by atoms with van der Waals surface area (Å²) < 4.78 is 0.376. The molecule has 0 saturated carbocycles. The summed E-state index contributed by atoms with van der Waals surface area (Å²) in [7, 11) is 0. The van der Waals surface area contributed by atoms with Crippen molar-refractivity contribution in [2.75, 3.05) is 5.01 Å². The third-order valence-corrected chi connectivity index (χ3v) is 6.69. The summed E-state index contributed by atoms with van der Waals surface area (Å²) >= 11 is 0. The van der Waals surface area contributed by atoms with E-state index in [2.05, 4.69) is 169 Å². The Morgan fingerprint density at radius 3 is 1.31 bits per heavy atom. The molecule has 0 N–H and O–H groups in total. The number of quaternary nitrogens is 1. The van der Waals surface area contributed by atoms with Crippen LogP contribution >= 0.6 is 0 Å². The lowest BCUT2D eigenvalue weighted by atomic mass is 10.1. The molecule has 0 aliphatic carbocycles. The fraction of sp³-hybridized carbons (Fsp3) is 0. The second-order valence-corrected chi connectivity index (χ2v) is 8.79. The number of hydrogen-bond donors (Lipinski definition) is 0. The fourth-order valence-electron chi connectivity index (χ4n) is 5.16. The van der Waals surface area contributed by atoms with Crippen LogP contribution in [0.1, 0.15) is 0 Å². The van der Waals surface area contributed by atoms with Crippen LogP contribution in [0.25, 0.3) is 10.8 Å². The third-order valence-electron chi connectivity index (χ3n) is 6.69. The number of benzene rings is 6. The molecular weight excluding hydrogens is 436 g/mol. The van der Waals surface area contributed by atoms with E-state index in [0.717, 1.165) is 28.4 Å². The van der Waals surface area contributed by atoms with E-state index in [1.165, 1.54) is 10.8 Å². The quantitative estimate of drug-likeness (QED) is 0.176. The lowest BCUT2D eigenvalue weighted by Gasteiger charge is -2.45. The van der Waals surface area contributed by atoms with Gasteiger partial charge in [0.1, 0.15) is 5.69 Å². The van der Waals surface area contributed by atoms with Crippen LogP contribution in [-0.2, 0) is 0 Å². The minimum Gasteiger partial charge on any atom is -0.176 e. The van der Waals surface area contributed by atoms with Gasteiger partial charge in [-0.3, -0.25) is 0 Å². The van der Waals surface area contributed by atoms with Gasteiger partial charge in [0.15, 0.2) is 17.1 Å².